The number of phenolic OH excluding ortho intramolecular Hbond substituents is 2. The van der Waals surface area contributed by atoms with Gasteiger partial charge in [0.1, 0.15) is 5.75 Å². The Bertz CT molecular complexity index is 469. The van der Waals surface area contributed by atoms with E-state index in [1.165, 1.54) is 12.1 Å². The highest BCUT2D eigenvalue weighted by molar-refractivity contribution is 5.51. The molecular formula is C13H12O3. The average Bonchev–Trinajstić information content (AvgIpc) is 2.26. The summed E-state index contributed by atoms with van der Waals surface area (Å²) in [5, 5.41) is 19.0. The molecule has 16 heavy (non-hydrogen) atoms. The lowest BCUT2D eigenvalue weighted by atomic mass is 10.2. The first-order valence-corrected chi connectivity index (χ1v) is 4.92. The smallest absolute Gasteiger partial charge is 0.210 e. The molecule has 3 heteroatoms. The Kier molecular flexibility index (Phi) is 2.68. The van der Waals surface area contributed by atoms with E-state index in [0.29, 0.717) is 5.75 Å². The summed E-state index contributed by atoms with van der Waals surface area (Å²) in [6.07, 6.45) is 0. The van der Waals surface area contributed by atoms with E-state index >= 15 is 0 Å². The minimum atomic E-state index is -0.0828. The molecule has 0 aliphatic heterocycles. The van der Waals surface area contributed by atoms with Crippen LogP contribution in [0.15, 0.2) is 42.5 Å². The first-order valence-electron chi connectivity index (χ1n) is 4.92. The van der Waals surface area contributed by atoms with Crippen molar-refractivity contribution in [1.29, 1.82) is 0 Å². The Morgan fingerprint density at radius 1 is 0.875 bits per heavy atom. The Balaban J connectivity index is 2.30. The van der Waals surface area contributed by atoms with Gasteiger partial charge in [-0.25, -0.2) is 0 Å². The van der Waals surface area contributed by atoms with E-state index in [1.807, 2.05) is 19.1 Å². The van der Waals surface area contributed by atoms with Crippen LogP contribution in [0.2, 0.25) is 0 Å². The second-order valence-electron chi connectivity index (χ2n) is 3.54. The minimum Gasteiger partial charge on any atom is -0.504 e. The average molecular weight is 216 g/mol. The Morgan fingerprint density at radius 2 is 1.44 bits per heavy atom. The van der Waals surface area contributed by atoms with Crippen LogP contribution in [0.25, 0.3) is 0 Å². The number of aromatic hydroxyl groups is 2. The fourth-order valence-electron chi connectivity index (χ4n) is 1.34. The molecule has 2 aromatic carbocycles. The molecule has 2 N–H and O–H groups in total. The summed E-state index contributed by atoms with van der Waals surface area (Å²) in [7, 11) is 0. The van der Waals surface area contributed by atoms with Crippen LogP contribution in [0.4, 0.5) is 0 Å². The van der Waals surface area contributed by atoms with Crippen LogP contribution in [0.1, 0.15) is 5.56 Å². The lowest BCUT2D eigenvalue weighted by Gasteiger charge is -2.09. The number of ether oxygens (including phenoxy) is 1. The molecule has 82 valence electrons. The van der Waals surface area contributed by atoms with Gasteiger partial charge in [-0.1, -0.05) is 23.8 Å². The monoisotopic (exact) mass is 216 g/mol. The second-order valence-corrected chi connectivity index (χ2v) is 3.54. The molecule has 0 spiro atoms. The van der Waals surface area contributed by atoms with E-state index in [9.17, 15) is 10.2 Å². The lowest BCUT2D eigenvalue weighted by molar-refractivity contribution is 0.376. The van der Waals surface area contributed by atoms with E-state index in [4.69, 9.17) is 4.74 Å². The van der Waals surface area contributed by atoms with Gasteiger partial charge in [0, 0.05) is 0 Å². The molecule has 2 aromatic rings. The number of aryl methyl sites for hydroxylation is 1. The van der Waals surface area contributed by atoms with Gasteiger partial charge in [0.2, 0.25) is 5.75 Å². The SMILES string of the molecule is Cc1ccc(Oc2c(O)cccc2O)cc1. The lowest BCUT2D eigenvalue weighted by Crippen LogP contribution is -1.85. The molecule has 0 amide bonds. The van der Waals surface area contributed by atoms with Crippen molar-refractivity contribution in [2.45, 2.75) is 6.92 Å². The van der Waals surface area contributed by atoms with Crippen molar-refractivity contribution in [2.24, 2.45) is 0 Å². The number of phenols is 2. The third-order valence-corrected chi connectivity index (χ3v) is 2.21. The van der Waals surface area contributed by atoms with Gasteiger partial charge in [0.25, 0.3) is 0 Å². The molecule has 0 aliphatic carbocycles. The summed E-state index contributed by atoms with van der Waals surface area (Å²) in [5.74, 6) is 0.481. The number of hydrogen-bond donors (Lipinski definition) is 2. The van der Waals surface area contributed by atoms with Gasteiger partial charge in [-0.3, -0.25) is 0 Å². The summed E-state index contributed by atoms with van der Waals surface area (Å²) in [5.41, 5.74) is 1.12. The molecule has 0 fully saturated rings. The molecule has 0 unspecified atom stereocenters. The summed E-state index contributed by atoms with van der Waals surface area (Å²) in [4.78, 5) is 0. The molecule has 0 bridgehead atoms. The second kappa shape index (κ2) is 4.14. The maximum absolute atomic E-state index is 9.52. The number of hydrogen-bond acceptors (Lipinski definition) is 3. The van der Waals surface area contributed by atoms with Crippen LogP contribution in [-0.2, 0) is 0 Å². The summed E-state index contributed by atoms with van der Waals surface area (Å²) in [6, 6.07) is 11.8. The first kappa shape index (κ1) is 10.4. The predicted octanol–water partition coefficient (Wildman–Crippen LogP) is 3.20. The fourth-order valence-corrected chi connectivity index (χ4v) is 1.34. The standard InChI is InChI=1S/C13H12O3/c1-9-5-7-10(8-6-9)16-13-11(14)3-2-4-12(13)15/h2-8,14-15H,1H3. The van der Waals surface area contributed by atoms with Gasteiger partial charge in [-0.15, -0.1) is 0 Å². The fraction of sp³-hybridized carbons (Fsp3) is 0.0769. The van der Waals surface area contributed by atoms with Crippen LogP contribution >= 0.6 is 0 Å². The van der Waals surface area contributed by atoms with Gasteiger partial charge < -0.3 is 14.9 Å². The number of para-hydroxylation sites is 1. The molecule has 0 atom stereocenters. The molecule has 0 saturated heterocycles. The van der Waals surface area contributed by atoms with Gasteiger partial charge in [-0.05, 0) is 31.2 Å². The van der Waals surface area contributed by atoms with Crippen molar-refractivity contribution in [3.8, 4) is 23.0 Å². The van der Waals surface area contributed by atoms with E-state index in [2.05, 4.69) is 0 Å². The van der Waals surface area contributed by atoms with Crippen LogP contribution < -0.4 is 4.74 Å². The largest absolute Gasteiger partial charge is 0.504 e. The highest BCUT2D eigenvalue weighted by Crippen LogP contribution is 2.38. The molecule has 0 aliphatic rings. The molecule has 2 rings (SSSR count). The maximum Gasteiger partial charge on any atom is 0.210 e. The molecule has 0 aromatic heterocycles. The highest BCUT2D eigenvalue weighted by Gasteiger charge is 2.08. The normalized spacial score (nSPS) is 10.1. The van der Waals surface area contributed by atoms with Crippen LogP contribution in [0.3, 0.4) is 0 Å². The van der Waals surface area contributed by atoms with Crippen molar-refractivity contribution in [3.63, 3.8) is 0 Å². The topological polar surface area (TPSA) is 49.7 Å². The molecular weight excluding hydrogens is 204 g/mol. The third kappa shape index (κ3) is 2.08. The Hall–Kier alpha value is -2.16. The van der Waals surface area contributed by atoms with Crippen LogP contribution in [-0.4, -0.2) is 10.2 Å². The zero-order valence-electron chi connectivity index (χ0n) is 8.84. The van der Waals surface area contributed by atoms with Crippen LogP contribution in [0, 0.1) is 6.92 Å². The molecule has 3 nitrogen and oxygen atoms in total. The van der Waals surface area contributed by atoms with Crippen molar-refractivity contribution >= 4 is 0 Å². The Labute approximate surface area is 93.6 Å². The molecule has 0 radical (unpaired) electrons. The minimum absolute atomic E-state index is 0.0753. The number of rotatable bonds is 2. The number of benzene rings is 2. The summed E-state index contributed by atoms with van der Waals surface area (Å²) in [6.45, 7) is 1.97. The first-order chi connectivity index (χ1) is 7.66. The molecule has 0 saturated carbocycles. The van der Waals surface area contributed by atoms with Gasteiger partial charge in [0.15, 0.2) is 11.5 Å². The van der Waals surface area contributed by atoms with Gasteiger partial charge in [0.05, 0.1) is 0 Å². The summed E-state index contributed by atoms with van der Waals surface area (Å²) >= 11 is 0. The van der Waals surface area contributed by atoms with Gasteiger partial charge >= 0.3 is 0 Å². The quantitative estimate of drug-likeness (QED) is 0.810. The van der Waals surface area contributed by atoms with Crippen molar-refractivity contribution < 1.29 is 14.9 Å². The van der Waals surface area contributed by atoms with E-state index in [-0.39, 0.29) is 17.2 Å². The highest BCUT2D eigenvalue weighted by atomic mass is 16.5. The van der Waals surface area contributed by atoms with Crippen molar-refractivity contribution in [2.75, 3.05) is 0 Å². The predicted molar refractivity (Wildman–Crippen MR) is 61.0 cm³/mol. The zero-order chi connectivity index (χ0) is 11.5. The molecule has 0 heterocycles. The van der Waals surface area contributed by atoms with E-state index in [0.717, 1.165) is 5.56 Å². The Morgan fingerprint density at radius 3 is 2.00 bits per heavy atom. The van der Waals surface area contributed by atoms with Gasteiger partial charge in [-0.2, -0.15) is 0 Å². The van der Waals surface area contributed by atoms with E-state index in [1.54, 1.807) is 18.2 Å². The maximum atomic E-state index is 9.52. The van der Waals surface area contributed by atoms with Crippen molar-refractivity contribution in [1.82, 2.24) is 0 Å². The van der Waals surface area contributed by atoms with Crippen molar-refractivity contribution in [3.05, 3.63) is 48.0 Å². The third-order valence-electron chi connectivity index (χ3n) is 2.21. The summed E-state index contributed by atoms with van der Waals surface area (Å²) < 4.78 is 5.39. The van der Waals surface area contributed by atoms with E-state index < -0.39 is 0 Å². The zero-order valence-corrected chi connectivity index (χ0v) is 8.84. The van der Waals surface area contributed by atoms with Crippen LogP contribution in [0.5, 0.6) is 23.0 Å².